The summed E-state index contributed by atoms with van der Waals surface area (Å²) >= 11 is 0. The van der Waals surface area contributed by atoms with Crippen molar-refractivity contribution in [3.63, 3.8) is 0 Å². The van der Waals surface area contributed by atoms with Crippen molar-refractivity contribution in [2.24, 2.45) is 0 Å². The molecule has 1 aliphatic heterocycles. The highest BCUT2D eigenvalue weighted by molar-refractivity contribution is 7.90. The van der Waals surface area contributed by atoms with E-state index in [-0.39, 0.29) is 29.2 Å². The molecule has 136 valence electrons. The van der Waals surface area contributed by atoms with Crippen LogP contribution in [0.1, 0.15) is 27.6 Å². The number of nitrogens with zero attached hydrogens (tertiary/aromatic N) is 1. The lowest BCUT2D eigenvalue weighted by Gasteiger charge is -2.15. The molecule has 2 aromatic rings. The van der Waals surface area contributed by atoms with E-state index in [0.29, 0.717) is 12.4 Å². The van der Waals surface area contributed by atoms with E-state index in [2.05, 4.69) is 0 Å². The molecule has 0 N–H and O–H groups in total. The second-order valence-corrected chi connectivity index (χ2v) is 7.27. The minimum Gasteiger partial charge on any atom is -0.493 e. The van der Waals surface area contributed by atoms with Gasteiger partial charge in [-0.3, -0.25) is 4.79 Å². The Morgan fingerprint density at radius 3 is 2.50 bits per heavy atom. The molecule has 26 heavy (non-hydrogen) atoms. The maximum Gasteiger partial charge on any atom is 0.341 e. The van der Waals surface area contributed by atoms with Crippen molar-refractivity contribution < 1.29 is 27.5 Å². The Hall–Kier alpha value is -2.87. The molecular weight excluding hydrogens is 358 g/mol. The van der Waals surface area contributed by atoms with Gasteiger partial charge in [0.05, 0.1) is 18.7 Å². The minimum absolute atomic E-state index is 0.0296. The second-order valence-electron chi connectivity index (χ2n) is 5.44. The average molecular weight is 375 g/mol. The molecule has 0 spiro atoms. The standard InChI is InChI=1S/C18H17NO6S/c1-2-24-15-9-5-3-7-13(15)18(21)25-12-11-19-17(20)14-8-4-6-10-16(14)26(19,22)23/h3-10H,2,11-12H2,1H3. The zero-order chi connectivity index (χ0) is 18.7. The molecule has 1 aliphatic rings. The summed E-state index contributed by atoms with van der Waals surface area (Å²) < 4.78 is 36.1. The number of ether oxygens (including phenoxy) is 2. The van der Waals surface area contributed by atoms with E-state index in [9.17, 15) is 18.0 Å². The maximum atomic E-state index is 12.4. The maximum absolute atomic E-state index is 12.4. The molecule has 0 radical (unpaired) electrons. The summed E-state index contributed by atoms with van der Waals surface area (Å²) in [5.41, 5.74) is 0.369. The Labute approximate surface area is 151 Å². The number of esters is 1. The predicted octanol–water partition coefficient (Wildman–Crippen LogP) is 2.09. The molecule has 1 amide bonds. The zero-order valence-electron chi connectivity index (χ0n) is 14.0. The molecule has 0 atom stereocenters. The molecule has 0 saturated heterocycles. The fraction of sp³-hybridized carbons (Fsp3) is 0.222. The molecule has 0 unspecified atom stereocenters. The molecule has 0 aliphatic carbocycles. The molecular formula is C18H17NO6S. The van der Waals surface area contributed by atoms with E-state index < -0.39 is 21.9 Å². The van der Waals surface area contributed by atoms with E-state index in [1.807, 2.05) is 0 Å². The molecule has 7 nitrogen and oxygen atoms in total. The van der Waals surface area contributed by atoms with Gasteiger partial charge in [0, 0.05) is 0 Å². The topological polar surface area (TPSA) is 90.0 Å². The molecule has 0 bridgehead atoms. The van der Waals surface area contributed by atoms with Crippen molar-refractivity contribution in [3.05, 3.63) is 59.7 Å². The van der Waals surface area contributed by atoms with Crippen LogP contribution in [0, 0.1) is 0 Å². The van der Waals surface area contributed by atoms with Gasteiger partial charge in [0.1, 0.15) is 22.8 Å². The lowest BCUT2D eigenvalue weighted by molar-refractivity contribution is 0.0473. The van der Waals surface area contributed by atoms with Crippen LogP contribution in [0.15, 0.2) is 53.4 Å². The van der Waals surface area contributed by atoms with Crippen molar-refractivity contribution >= 4 is 21.9 Å². The smallest absolute Gasteiger partial charge is 0.341 e. The van der Waals surface area contributed by atoms with E-state index in [1.54, 1.807) is 43.3 Å². The first kappa shape index (κ1) is 17.9. The van der Waals surface area contributed by atoms with Gasteiger partial charge in [-0.25, -0.2) is 17.5 Å². The summed E-state index contributed by atoms with van der Waals surface area (Å²) in [6, 6.07) is 12.6. The SMILES string of the molecule is CCOc1ccccc1C(=O)OCCN1C(=O)c2ccccc2S1(=O)=O. The third kappa shape index (κ3) is 3.15. The molecule has 1 heterocycles. The Bertz CT molecular complexity index is 954. The van der Waals surface area contributed by atoms with E-state index in [1.165, 1.54) is 12.1 Å². The number of para-hydroxylation sites is 1. The quantitative estimate of drug-likeness (QED) is 0.718. The van der Waals surface area contributed by atoms with Crippen molar-refractivity contribution in [3.8, 4) is 5.75 Å². The Morgan fingerprint density at radius 1 is 1.08 bits per heavy atom. The van der Waals surface area contributed by atoms with Gasteiger partial charge >= 0.3 is 5.97 Å². The van der Waals surface area contributed by atoms with Crippen LogP contribution in [0.2, 0.25) is 0 Å². The van der Waals surface area contributed by atoms with Crippen molar-refractivity contribution in [2.75, 3.05) is 19.8 Å². The number of hydrogen-bond acceptors (Lipinski definition) is 6. The summed E-state index contributed by atoms with van der Waals surface area (Å²) in [4.78, 5) is 24.5. The largest absolute Gasteiger partial charge is 0.493 e. The fourth-order valence-electron chi connectivity index (χ4n) is 2.67. The Kier molecular flexibility index (Phi) is 4.94. The van der Waals surface area contributed by atoms with Crippen LogP contribution < -0.4 is 4.74 Å². The van der Waals surface area contributed by atoms with Gasteiger partial charge in [0.2, 0.25) is 0 Å². The van der Waals surface area contributed by atoms with Crippen LogP contribution >= 0.6 is 0 Å². The van der Waals surface area contributed by atoms with Crippen LogP contribution in [-0.4, -0.2) is 44.4 Å². The number of benzene rings is 2. The van der Waals surface area contributed by atoms with Gasteiger partial charge in [-0.2, -0.15) is 0 Å². The predicted molar refractivity (Wildman–Crippen MR) is 92.6 cm³/mol. The number of sulfonamides is 1. The summed E-state index contributed by atoms with van der Waals surface area (Å²) in [6.45, 7) is 1.68. The van der Waals surface area contributed by atoms with Gasteiger partial charge in [-0.05, 0) is 31.2 Å². The third-order valence-electron chi connectivity index (χ3n) is 3.85. The first-order chi connectivity index (χ1) is 12.5. The zero-order valence-corrected chi connectivity index (χ0v) is 14.9. The van der Waals surface area contributed by atoms with E-state index in [4.69, 9.17) is 9.47 Å². The monoisotopic (exact) mass is 375 g/mol. The van der Waals surface area contributed by atoms with Crippen LogP contribution in [0.25, 0.3) is 0 Å². The number of fused-ring (bicyclic) bond motifs is 1. The molecule has 0 saturated carbocycles. The highest BCUT2D eigenvalue weighted by atomic mass is 32.2. The molecule has 0 fully saturated rings. The first-order valence-electron chi connectivity index (χ1n) is 8.02. The molecule has 3 rings (SSSR count). The van der Waals surface area contributed by atoms with Crippen molar-refractivity contribution in [2.45, 2.75) is 11.8 Å². The van der Waals surface area contributed by atoms with Crippen molar-refractivity contribution in [1.82, 2.24) is 4.31 Å². The summed E-state index contributed by atoms with van der Waals surface area (Å²) in [5, 5.41) is 0. The van der Waals surface area contributed by atoms with Crippen LogP contribution in [0.3, 0.4) is 0 Å². The highest BCUT2D eigenvalue weighted by Gasteiger charge is 2.40. The summed E-state index contributed by atoms with van der Waals surface area (Å²) in [5.74, 6) is -0.876. The van der Waals surface area contributed by atoms with Gasteiger partial charge in [0.25, 0.3) is 15.9 Å². The average Bonchev–Trinajstić information content (AvgIpc) is 2.83. The number of hydrogen-bond donors (Lipinski definition) is 0. The third-order valence-corrected chi connectivity index (χ3v) is 5.69. The number of amides is 1. The highest BCUT2D eigenvalue weighted by Crippen LogP contribution is 2.29. The van der Waals surface area contributed by atoms with Crippen molar-refractivity contribution in [1.29, 1.82) is 0 Å². The first-order valence-corrected chi connectivity index (χ1v) is 9.46. The normalized spacial score (nSPS) is 14.8. The second kappa shape index (κ2) is 7.17. The lowest BCUT2D eigenvalue weighted by Crippen LogP contribution is -2.33. The van der Waals surface area contributed by atoms with Crippen LogP contribution in [0.5, 0.6) is 5.75 Å². The molecule has 0 aromatic heterocycles. The number of rotatable bonds is 6. The summed E-state index contributed by atoms with van der Waals surface area (Å²) in [6.07, 6.45) is 0. The van der Waals surface area contributed by atoms with Crippen LogP contribution in [-0.2, 0) is 14.8 Å². The van der Waals surface area contributed by atoms with Gasteiger partial charge in [0.15, 0.2) is 0 Å². The lowest BCUT2D eigenvalue weighted by atomic mass is 10.2. The van der Waals surface area contributed by atoms with Crippen LogP contribution in [0.4, 0.5) is 0 Å². The Balaban J connectivity index is 1.68. The van der Waals surface area contributed by atoms with E-state index >= 15 is 0 Å². The fourth-order valence-corrected chi connectivity index (χ4v) is 4.22. The number of carbonyl (C=O) groups is 2. The van der Waals surface area contributed by atoms with Gasteiger partial charge in [-0.15, -0.1) is 0 Å². The number of carbonyl (C=O) groups excluding carboxylic acids is 2. The summed E-state index contributed by atoms with van der Waals surface area (Å²) in [7, 11) is -3.91. The minimum atomic E-state index is -3.91. The van der Waals surface area contributed by atoms with Gasteiger partial charge in [-0.1, -0.05) is 24.3 Å². The Morgan fingerprint density at radius 2 is 1.77 bits per heavy atom. The molecule has 2 aromatic carbocycles. The molecule has 8 heteroatoms. The van der Waals surface area contributed by atoms with Gasteiger partial charge < -0.3 is 9.47 Å². The van der Waals surface area contributed by atoms with E-state index in [0.717, 1.165) is 4.31 Å².